The number of rotatable bonds is 7. The van der Waals surface area contributed by atoms with Gasteiger partial charge in [-0.1, -0.05) is 11.8 Å². The zero-order chi connectivity index (χ0) is 26.7. The standard InChI is InChI=1S/C23H19F3N8O3S/c1-21(19-22(10-35,23(19,25)26)38-20(27)34-21)12-6-11(7-31-17(12)24)32-18-16-13(2-3-29-18)33-14(8-30-16)37-9-15-28-4-5-36-15/h2-8,19,35H,9-10H2,1H3,(H2,27,34)(H,29,32)/t19?,21-,22-/m1/s1. The van der Waals surface area contributed by atoms with Crippen molar-refractivity contribution in [2.75, 3.05) is 11.9 Å². The average Bonchev–Trinajstić information content (AvgIpc) is 3.19. The molecule has 0 aromatic carbocycles. The number of oxazole rings is 1. The third kappa shape index (κ3) is 3.64. The molecule has 3 atom stereocenters. The number of hydrogen-bond donors (Lipinski definition) is 3. The average molecular weight is 545 g/mol. The van der Waals surface area contributed by atoms with Crippen molar-refractivity contribution in [3.8, 4) is 5.88 Å². The van der Waals surface area contributed by atoms with Gasteiger partial charge in [-0.2, -0.15) is 4.39 Å². The summed E-state index contributed by atoms with van der Waals surface area (Å²) in [6.07, 6.45) is 7.00. The first-order valence-corrected chi connectivity index (χ1v) is 12.1. The molecule has 6 rings (SSSR count). The van der Waals surface area contributed by atoms with Crippen molar-refractivity contribution < 1.29 is 27.4 Å². The van der Waals surface area contributed by atoms with Gasteiger partial charge in [0.1, 0.15) is 22.1 Å². The van der Waals surface area contributed by atoms with E-state index < -0.39 is 34.7 Å². The summed E-state index contributed by atoms with van der Waals surface area (Å²) in [6.45, 7) is 0.590. The Morgan fingerprint density at radius 3 is 2.82 bits per heavy atom. The first-order chi connectivity index (χ1) is 18.2. The molecule has 11 nitrogen and oxygen atoms in total. The molecule has 2 aliphatic rings. The molecule has 0 saturated heterocycles. The molecule has 0 spiro atoms. The van der Waals surface area contributed by atoms with E-state index in [4.69, 9.17) is 14.9 Å². The quantitative estimate of drug-likeness (QED) is 0.294. The molecule has 15 heteroatoms. The van der Waals surface area contributed by atoms with E-state index in [1.165, 1.54) is 44.0 Å². The molecule has 4 aromatic rings. The largest absolute Gasteiger partial charge is 0.467 e. The maximum Gasteiger partial charge on any atom is 0.272 e. The SMILES string of the molecule is C[C@]1(c2cc(Nc3nccc4nc(OCc5ncco5)cnc34)cnc2F)N=C(N)S[C@]2(CO)C1C2(F)F. The molecule has 1 fully saturated rings. The Kier molecular flexibility index (Phi) is 5.47. The molecule has 38 heavy (non-hydrogen) atoms. The van der Waals surface area contributed by atoms with E-state index in [1.54, 1.807) is 6.07 Å². The smallest absolute Gasteiger partial charge is 0.272 e. The molecule has 5 heterocycles. The molecule has 0 amide bonds. The number of hydrogen-bond acceptors (Lipinski definition) is 12. The van der Waals surface area contributed by atoms with Gasteiger partial charge in [0.15, 0.2) is 17.6 Å². The third-order valence-corrected chi connectivity index (χ3v) is 7.95. The van der Waals surface area contributed by atoms with Crippen LogP contribution in [0.2, 0.25) is 0 Å². The van der Waals surface area contributed by atoms with Gasteiger partial charge in [0, 0.05) is 11.8 Å². The molecule has 0 radical (unpaired) electrons. The Labute approximate surface area is 216 Å². The molecule has 1 unspecified atom stereocenters. The Bertz CT molecular complexity index is 1570. The van der Waals surface area contributed by atoms with Crippen LogP contribution in [0.15, 0.2) is 52.6 Å². The number of aliphatic imine (C=N–C) groups is 1. The number of nitrogens with two attached hydrogens (primary N) is 1. The number of anilines is 2. The maximum absolute atomic E-state index is 15.0. The fourth-order valence-electron chi connectivity index (χ4n) is 4.87. The second kappa shape index (κ2) is 8.52. The van der Waals surface area contributed by atoms with Crippen molar-refractivity contribution in [2.24, 2.45) is 16.6 Å². The van der Waals surface area contributed by atoms with Crippen LogP contribution in [0.4, 0.5) is 24.7 Å². The Morgan fingerprint density at radius 2 is 2.05 bits per heavy atom. The lowest BCUT2D eigenvalue weighted by molar-refractivity contribution is 0.0684. The van der Waals surface area contributed by atoms with Crippen molar-refractivity contribution in [1.82, 2.24) is 24.9 Å². The first kappa shape index (κ1) is 24.4. The first-order valence-electron chi connectivity index (χ1n) is 11.3. The summed E-state index contributed by atoms with van der Waals surface area (Å²) in [5.41, 5.74) is 4.95. The predicted octanol–water partition coefficient (Wildman–Crippen LogP) is 3.14. The Hall–Kier alpha value is -3.98. The van der Waals surface area contributed by atoms with Crippen LogP contribution in [0.3, 0.4) is 0 Å². The van der Waals surface area contributed by atoms with Crippen LogP contribution >= 0.6 is 11.8 Å². The van der Waals surface area contributed by atoms with Gasteiger partial charge in [-0.25, -0.2) is 33.7 Å². The summed E-state index contributed by atoms with van der Waals surface area (Å²) in [6, 6.07) is 2.95. The fourth-order valence-corrected chi connectivity index (χ4v) is 6.24. The van der Waals surface area contributed by atoms with Gasteiger partial charge < -0.3 is 25.3 Å². The van der Waals surface area contributed by atoms with E-state index in [0.29, 0.717) is 28.7 Å². The number of thioether (sulfide) groups is 1. The number of nitrogens with one attached hydrogen (secondary N) is 1. The number of aliphatic hydroxyl groups is 1. The highest BCUT2D eigenvalue weighted by atomic mass is 32.2. The highest BCUT2D eigenvalue weighted by Crippen LogP contribution is 2.74. The second-order valence-electron chi connectivity index (χ2n) is 8.94. The molecular weight excluding hydrogens is 525 g/mol. The summed E-state index contributed by atoms with van der Waals surface area (Å²) in [7, 11) is 0. The van der Waals surface area contributed by atoms with Crippen molar-refractivity contribution in [2.45, 2.75) is 29.7 Å². The number of halogens is 3. The van der Waals surface area contributed by atoms with Gasteiger partial charge in [-0.05, 0) is 19.1 Å². The number of pyridine rings is 2. The van der Waals surface area contributed by atoms with Gasteiger partial charge in [0.05, 0.1) is 42.3 Å². The lowest BCUT2D eigenvalue weighted by atomic mass is 9.86. The van der Waals surface area contributed by atoms with Crippen molar-refractivity contribution in [1.29, 1.82) is 0 Å². The van der Waals surface area contributed by atoms with Crippen LogP contribution in [0, 0.1) is 11.9 Å². The molecule has 1 saturated carbocycles. The minimum atomic E-state index is -3.32. The molecule has 1 aliphatic carbocycles. The van der Waals surface area contributed by atoms with Gasteiger partial charge in [-0.3, -0.25) is 4.99 Å². The van der Waals surface area contributed by atoms with Crippen LogP contribution in [-0.2, 0) is 12.1 Å². The fraction of sp³-hybridized carbons (Fsp3) is 0.304. The van der Waals surface area contributed by atoms with E-state index in [2.05, 4.69) is 35.2 Å². The predicted molar refractivity (Wildman–Crippen MR) is 130 cm³/mol. The zero-order valence-corrected chi connectivity index (χ0v) is 20.4. The van der Waals surface area contributed by atoms with Gasteiger partial charge in [0.25, 0.3) is 5.92 Å². The van der Waals surface area contributed by atoms with E-state index in [1.807, 2.05) is 0 Å². The minimum Gasteiger partial charge on any atom is -0.467 e. The highest BCUT2D eigenvalue weighted by Gasteiger charge is 2.87. The molecule has 4 N–H and O–H groups in total. The van der Waals surface area contributed by atoms with Crippen LogP contribution in [0.5, 0.6) is 5.88 Å². The zero-order valence-electron chi connectivity index (χ0n) is 19.6. The third-order valence-electron chi connectivity index (χ3n) is 6.65. The van der Waals surface area contributed by atoms with Crippen LogP contribution in [0.25, 0.3) is 11.0 Å². The maximum atomic E-state index is 15.0. The minimum absolute atomic E-state index is 0.0648. The summed E-state index contributed by atoms with van der Waals surface area (Å²) in [5, 5.41) is 12.6. The number of aliphatic hydroxyl groups excluding tert-OH is 1. The molecular formula is C23H19F3N8O3S. The molecule has 196 valence electrons. The van der Waals surface area contributed by atoms with Crippen molar-refractivity contribution >= 4 is 39.5 Å². The summed E-state index contributed by atoms with van der Waals surface area (Å²) in [5.74, 6) is -4.90. The summed E-state index contributed by atoms with van der Waals surface area (Å²) in [4.78, 5) is 25.0. The topological polar surface area (TPSA) is 157 Å². The van der Waals surface area contributed by atoms with Crippen LogP contribution in [-0.4, -0.2) is 52.5 Å². The second-order valence-corrected chi connectivity index (χ2v) is 10.3. The number of alkyl halides is 2. The van der Waals surface area contributed by atoms with Gasteiger partial charge in [-0.15, -0.1) is 0 Å². The van der Waals surface area contributed by atoms with Crippen molar-refractivity contribution in [3.63, 3.8) is 0 Å². The van der Waals surface area contributed by atoms with E-state index in [-0.39, 0.29) is 34.7 Å². The van der Waals surface area contributed by atoms with Gasteiger partial charge >= 0.3 is 0 Å². The van der Waals surface area contributed by atoms with Gasteiger partial charge in [0.2, 0.25) is 17.7 Å². The molecule has 1 aliphatic heterocycles. The summed E-state index contributed by atoms with van der Waals surface area (Å²) < 4.78 is 53.6. The van der Waals surface area contributed by atoms with Crippen molar-refractivity contribution in [3.05, 3.63) is 60.6 Å². The Morgan fingerprint density at radius 1 is 1.21 bits per heavy atom. The normalized spacial score (nSPS) is 25.5. The number of amidine groups is 1. The van der Waals surface area contributed by atoms with E-state index >= 15 is 0 Å². The lowest BCUT2D eigenvalue weighted by Gasteiger charge is -2.31. The highest BCUT2D eigenvalue weighted by molar-refractivity contribution is 8.15. The number of ether oxygens (including phenoxy) is 1. The van der Waals surface area contributed by atoms with E-state index in [0.717, 1.165) is 0 Å². The number of aromatic nitrogens is 5. The monoisotopic (exact) mass is 544 g/mol. The molecule has 0 bridgehead atoms. The van der Waals surface area contributed by atoms with Crippen LogP contribution < -0.4 is 15.8 Å². The van der Waals surface area contributed by atoms with E-state index in [9.17, 15) is 18.3 Å². The number of nitrogens with zero attached hydrogens (tertiary/aromatic N) is 6. The number of fused-ring (bicyclic) bond motifs is 2. The van der Waals surface area contributed by atoms with Crippen LogP contribution in [0.1, 0.15) is 18.4 Å². The lowest BCUT2D eigenvalue weighted by Crippen LogP contribution is -2.37. The summed E-state index contributed by atoms with van der Waals surface area (Å²) >= 11 is 0.610. The molecule has 4 aromatic heterocycles. The Balaban J connectivity index is 1.31.